The van der Waals surface area contributed by atoms with E-state index in [2.05, 4.69) is 15.3 Å². The predicted octanol–water partition coefficient (Wildman–Crippen LogP) is 4.28. The molecule has 2 aromatic carbocycles. The fraction of sp³-hybridized carbons (Fsp3) is 0.261. The second-order valence-corrected chi connectivity index (χ2v) is 6.90. The summed E-state index contributed by atoms with van der Waals surface area (Å²) >= 11 is 0. The topological polar surface area (TPSA) is 93.3 Å². The molecule has 0 spiro atoms. The molecule has 0 saturated heterocycles. The summed E-state index contributed by atoms with van der Waals surface area (Å²) in [5.41, 5.74) is 3.74. The lowest BCUT2D eigenvalue weighted by molar-refractivity contribution is -0.124. The molecule has 3 rings (SSSR count). The predicted molar refractivity (Wildman–Crippen MR) is 115 cm³/mol. The van der Waals surface area contributed by atoms with E-state index in [1.54, 1.807) is 62.6 Å². The van der Waals surface area contributed by atoms with Crippen molar-refractivity contribution in [3.05, 3.63) is 65.5 Å². The number of aryl methyl sites for hydroxylation is 2. The summed E-state index contributed by atoms with van der Waals surface area (Å²) < 4.78 is 10.6. The van der Waals surface area contributed by atoms with Gasteiger partial charge < -0.3 is 19.8 Å². The summed E-state index contributed by atoms with van der Waals surface area (Å²) in [6.07, 6.45) is -0.552. The first-order valence-electron chi connectivity index (χ1n) is 9.70. The van der Waals surface area contributed by atoms with Gasteiger partial charge in [0, 0.05) is 23.0 Å². The molecule has 0 aliphatic carbocycles. The van der Waals surface area contributed by atoms with Crippen molar-refractivity contribution in [2.75, 3.05) is 12.4 Å². The minimum atomic E-state index is -0.904. The number of amides is 1. The number of hydrogen-bond acceptors (Lipinski definition) is 5. The number of ether oxygens (including phenoxy) is 2. The molecule has 7 nitrogen and oxygen atoms in total. The standard InChI is InChI=1S/C23H25N3O4/c1-5-20(22(27)26-18-7-6-8-19(13-18)29-4)30-23(28)17-11-9-16(10-12-17)21-24-14(2)15(3)25-21/h6-13,20H,5H2,1-4H3,(H,24,25)(H,26,27). The monoisotopic (exact) mass is 407 g/mol. The van der Waals surface area contributed by atoms with Gasteiger partial charge in [0.05, 0.1) is 18.4 Å². The van der Waals surface area contributed by atoms with Crippen molar-refractivity contribution in [3.63, 3.8) is 0 Å². The van der Waals surface area contributed by atoms with Gasteiger partial charge in [-0.25, -0.2) is 9.78 Å². The maximum Gasteiger partial charge on any atom is 0.338 e. The quantitative estimate of drug-likeness (QED) is 0.570. The number of carbonyl (C=O) groups is 2. The Morgan fingerprint density at radius 1 is 1.13 bits per heavy atom. The molecule has 0 bridgehead atoms. The van der Waals surface area contributed by atoms with Crippen LogP contribution in [0.2, 0.25) is 0 Å². The molecule has 0 radical (unpaired) electrons. The third kappa shape index (κ3) is 4.86. The molecule has 0 fully saturated rings. The number of carbonyl (C=O) groups excluding carboxylic acids is 2. The van der Waals surface area contributed by atoms with Crippen molar-refractivity contribution in [1.29, 1.82) is 0 Å². The third-order valence-electron chi connectivity index (χ3n) is 4.77. The smallest absolute Gasteiger partial charge is 0.338 e. The number of rotatable bonds is 7. The molecule has 0 aliphatic heterocycles. The minimum Gasteiger partial charge on any atom is -0.497 e. The van der Waals surface area contributed by atoms with Crippen molar-refractivity contribution in [2.45, 2.75) is 33.3 Å². The number of imidazole rings is 1. The molecule has 1 heterocycles. The lowest BCUT2D eigenvalue weighted by atomic mass is 10.1. The van der Waals surface area contributed by atoms with Gasteiger partial charge in [-0.2, -0.15) is 0 Å². The maximum atomic E-state index is 12.5. The number of hydrogen-bond donors (Lipinski definition) is 2. The zero-order valence-electron chi connectivity index (χ0n) is 17.5. The summed E-state index contributed by atoms with van der Waals surface area (Å²) in [5, 5.41) is 2.75. The van der Waals surface area contributed by atoms with E-state index in [1.165, 1.54) is 0 Å². The van der Waals surface area contributed by atoms with Gasteiger partial charge in [0.2, 0.25) is 0 Å². The van der Waals surface area contributed by atoms with Crippen LogP contribution in [-0.2, 0) is 9.53 Å². The van der Waals surface area contributed by atoms with Crippen molar-refractivity contribution >= 4 is 17.6 Å². The zero-order chi connectivity index (χ0) is 21.7. The van der Waals surface area contributed by atoms with Crippen LogP contribution in [-0.4, -0.2) is 35.1 Å². The number of H-pyrrole nitrogens is 1. The van der Waals surface area contributed by atoms with Gasteiger partial charge in [-0.15, -0.1) is 0 Å². The van der Waals surface area contributed by atoms with Crippen molar-refractivity contribution in [3.8, 4) is 17.1 Å². The van der Waals surface area contributed by atoms with Crippen LogP contribution in [0.25, 0.3) is 11.4 Å². The molecule has 0 saturated carbocycles. The number of methoxy groups -OCH3 is 1. The Hall–Kier alpha value is -3.61. The molecular formula is C23H25N3O4. The molecule has 1 unspecified atom stereocenters. The van der Waals surface area contributed by atoms with E-state index in [1.807, 2.05) is 13.8 Å². The van der Waals surface area contributed by atoms with Crippen LogP contribution in [0.4, 0.5) is 5.69 Å². The molecule has 156 valence electrons. The normalized spacial score (nSPS) is 11.6. The van der Waals surface area contributed by atoms with E-state index >= 15 is 0 Å². The highest BCUT2D eigenvalue weighted by molar-refractivity contribution is 5.97. The van der Waals surface area contributed by atoms with Gasteiger partial charge in [0.15, 0.2) is 6.10 Å². The fourth-order valence-electron chi connectivity index (χ4n) is 2.89. The van der Waals surface area contributed by atoms with Crippen LogP contribution < -0.4 is 10.1 Å². The van der Waals surface area contributed by atoms with Gasteiger partial charge in [-0.3, -0.25) is 4.79 Å². The van der Waals surface area contributed by atoms with Gasteiger partial charge in [0.1, 0.15) is 11.6 Å². The Morgan fingerprint density at radius 3 is 2.47 bits per heavy atom. The first-order valence-corrected chi connectivity index (χ1v) is 9.70. The molecule has 1 amide bonds. The maximum absolute atomic E-state index is 12.5. The Balaban J connectivity index is 1.66. The zero-order valence-corrected chi connectivity index (χ0v) is 17.5. The van der Waals surface area contributed by atoms with Crippen molar-refractivity contribution in [2.24, 2.45) is 0 Å². The first kappa shape index (κ1) is 21.1. The number of aromatic nitrogens is 2. The summed E-state index contributed by atoms with van der Waals surface area (Å²) in [6, 6.07) is 13.9. The van der Waals surface area contributed by atoms with E-state index < -0.39 is 18.0 Å². The average Bonchev–Trinajstić information content (AvgIpc) is 3.10. The molecule has 7 heteroatoms. The highest BCUT2D eigenvalue weighted by atomic mass is 16.5. The highest BCUT2D eigenvalue weighted by Crippen LogP contribution is 2.20. The van der Waals surface area contributed by atoms with Crippen molar-refractivity contribution < 1.29 is 19.1 Å². The molecule has 30 heavy (non-hydrogen) atoms. The second kappa shape index (κ2) is 9.26. The average molecular weight is 407 g/mol. The molecule has 1 aromatic heterocycles. The van der Waals surface area contributed by atoms with Gasteiger partial charge in [-0.1, -0.05) is 25.1 Å². The van der Waals surface area contributed by atoms with E-state index in [9.17, 15) is 9.59 Å². The van der Waals surface area contributed by atoms with Crippen LogP contribution in [0, 0.1) is 13.8 Å². The molecule has 2 N–H and O–H groups in total. The van der Waals surface area contributed by atoms with Crippen LogP contribution in [0.5, 0.6) is 5.75 Å². The lowest BCUT2D eigenvalue weighted by Gasteiger charge is -2.16. The number of anilines is 1. The number of esters is 1. The Kier molecular flexibility index (Phi) is 6.51. The molecule has 1 atom stereocenters. The number of benzene rings is 2. The Labute approximate surface area is 175 Å². The van der Waals surface area contributed by atoms with Crippen LogP contribution >= 0.6 is 0 Å². The third-order valence-corrected chi connectivity index (χ3v) is 4.77. The number of nitrogens with zero attached hydrogens (tertiary/aromatic N) is 1. The van der Waals surface area contributed by atoms with Crippen LogP contribution in [0.3, 0.4) is 0 Å². The summed E-state index contributed by atoms with van der Waals surface area (Å²) in [7, 11) is 1.55. The molecule has 0 aliphatic rings. The highest BCUT2D eigenvalue weighted by Gasteiger charge is 2.22. The van der Waals surface area contributed by atoms with Crippen LogP contribution in [0.1, 0.15) is 35.1 Å². The van der Waals surface area contributed by atoms with Crippen molar-refractivity contribution in [1.82, 2.24) is 9.97 Å². The summed E-state index contributed by atoms with van der Waals surface area (Å²) in [6.45, 7) is 5.68. The summed E-state index contributed by atoms with van der Waals surface area (Å²) in [5.74, 6) is 0.423. The second-order valence-electron chi connectivity index (χ2n) is 6.90. The van der Waals surface area contributed by atoms with E-state index in [-0.39, 0.29) is 0 Å². The fourth-order valence-corrected chi connectivity index (χ4v) is 2.89. The number of aromatic amines is 1. The summed E-state index contributed by atoms with van der Waals surface area (Å²) in [4.78, 5) is 32.7. The van der Waals surface area contributed by atoms with Crippen LogP contribution in [0.15, 0.2) is 48.5 Å². The largest absolute Gasteiger partial charge is 0.497 e. The van der Waals surface area contributed by atoms with Gasteiger partial charge >= 0.3 is 5.97 Å². The molecule has 3 aromatic rings. The Morgan fingerprint density at radius 2 is 1.87 bits per heavy atom. The SMILES string of the molecule is CCC(OC(=O)c1ccc(-c2nc(C)c(C)[nH]2)cc1)C(=O)Nc1cccc(OC)c1. The number of nitrogens with one attached hydrogen (secondary N) is 2. The first-order chi connectivity index (χ1) is 14.4. The van der Waals surface area contributed by atoms with Gasteiger partial charge in [0.25, 0.3) is 5.91 Å². The van der Waals surface area contributed by atoms with Gasteiger partial charge in [-0.05, 0) is 44.5 Å². The minimum absolute atomic E-state index is 0.352. The Bertz CT molecular complexity index is 1020. The van der Waals surface area contributed by atoms with E-state index in [4.69, 9.17) is 9.47 Å². The lowest BCUT2D eigenvalue weighted by Crippen LogP contribution is -2.32. The molecular weight excluding hydrogens is 382 g/mol. The van der Waals surface area contributed by atoms with E-state index in [0.717, 1.165) is 22.8 Å². The van der Waals surface area contributed by atoms with E-state index in [0.29, 0.717) is 23.4 Å².